The number of aliphatic hydroxyl groups excluding tert-OH is 1. The second-order valence-corrected chi connectivity index (χ2v) is 4.68. The Morgan fingerprint density at radius 3 is 2.63 bits per heavy atom. The van der Waals surface area contributed by atoms with E-state index < -0.39 is 11.0 Å². The molecule has 1 rings (SSSR count). The van der Waals surface area contributed by atoms with E-state index in [1.54, 1.807) is 27.0 Å². The molecular formula is C13H18N2O4. The topological polar surface area (TPSA) is 83.7 Å². The van der Waals surface area contributed by atoms with Crippen molar-refractivity contribution in [3.05, 3.63) is 39.4 Å². The lowest BCUT2D eigenvalue weighted by Crippen LogP contribution is -2.29. The van der Waals surface area contributed by atoms with Crippen LogP contribution in [-0.4, -0.2) is 40.5 Å². The van der Waals surface area contributed by atoms with Gasteiger partial charge in [-0.25, -0.2) is 0 Å². The normalized spacial score (nSPS) is 12.0. The van der Waals surface area contributed by atoms with Gasteiger partial charge in [0.05, 0.1) is 11.0 Å². The second kappa shape index (κ2) is 6.29. The zero-order valence-electron chi connectivity index (χ0n) is 11.3. The Balaban J connectivity index is 2.90. The van der Waals surface area contributed by atoms with E-state index in [0.29, 0.717) is 24.1 Å². The van der Waals surface area contributed by atoms with Crippen LogP contribution in [0.2, 0.25) is 0 Å². The molecule has 1 aromatic rings. The van der Waals surface area contributed by atoms with Crippen LogP contribution in [0, 0.1) is 17.0 Å². The first-order valence-electron chi connectivity index (χ1n) is 6.01. The molecule has 1 atom stereocenters. The zero-order chi connectivity index (χ0) is 14.6. The number of non-ortho nitro benzene ring substituents is 1. The molecule has 0 saturated carbocycles. The molecule has 0 spiro atoms. The van der Waals surface area contributed by atoms with Crippen molar-refractivity contribution in [2.45, 2.75) is 26.4 Å². The molecule has 1 amide bonds. The molecule has 104 valence electrons. The molecule has 6 heteroatoms. The number of nitrogens with zero attached hydrogens (tertiary/aromatic N) is 2. The fraction of sp³-hybridized carbons (Fsp3) is 0.462. The van der Waals surface area contributed by atoms with Gasteiger partial charge in [0.25, 0.3) is 11.6 Å². The summed E-state index contributed by atoms with van der Waals surface area (Å²) in [6.45, 7) is 3.76. The second-order valence-electron chi connectivity index (χ2n) is 4.68. The quantitative estimate of drug-likeness (QED) is 0.650. The maximum atomic E-state index is 12.1. The van der Waals surface area contributed by atoms with Crippen molar-refractivity contribution in [3.63, 3.8) is 0 Å². The van der Waals surface area contributed by atoms with E-state index in [4.69, 9.17) is 0 Å². The number of nitro groups is 1. The molecule has 0 fully saturated rings. The Hall–Kier alpha value is -1.95. The van der Waals surface area contributed by atoms with Crippen molar-refractivity contribution >= 4 is 11.6 Å². The van der Waals surface area contributed by atoms with Gasteiger partial charge in [0.2, 0.25) is 0 Å². The molecule has 1 N–H and O–H groups in total. The Bertz CT molecular complexity index is 486. The third-order valence-corrected chi connectivity index (χ3v) is 2.75. The number of carbonyl (C=O) groups is 1. The summed E-state index contributed by atoms with van der Waals surface area (Å²) in [5, 5.41) is 19.9. The smallest absolute Gasteiger partial charge is 0.270 e. The molecule has 0 saturated heterocycles. The lowest BCUT2D eigenvalue weighted by Gasteiger charge is -2.18. The zero-order valence-corrected chi connectivity index (χ0v) is 11.3. The van der Waals surface area contributed by atoms with Crippen LogP contribution < -0.4 is 0 Å². The molecule has 0 aliphatic carbocycles. The minimum atomic E-state index is -0.514. The highest BCUT2D eigenvalue weighted by molar-refractivity contribution is 5.94. The van der Waals surface area contributed by atoms with Gasteiger partial charge in [0.15, 0.2) is 0 Å². The highest BCUT2D eigenvalue weighted by atomic mass is 16.6. The number of rotatable bonds is 5. The van der Waals surface area contributed by atoms with Gasteiger partial charge in [-0.15, -0.1) is 0 Å². The van der Waals surface area contributed by atoms with Crippen molar-refractivity contribution in [2.75, 3.05) is 13.6 Å². The number of hydrogen-bond donors (Lipinski definition) is 1. The maximum Gasteiger partial charge on any atom is 0.270 e. The summed E-state index contributed by atoms with van der Waals surface area (Å²) in [5.41, 5.74) is 0.869. The van der Waals surface area contributed by atoms with Gasteiger partial charge in [-0.1, -0.05) is 0 Å². The third kappa shape index (κ3) is 4.33. The van der Waals surface area contributed by atoms with Gasteiger partial charge in [-0.05, 0) is 31.9 Å². The standard InChI is InChI=1S/C13H18N2O4/c1-9-6-11(8-12(7-9)15(18)19)13(17)14(3)5-4-10(2)16/h6-8,10,16H,4-5H2,1-3H3. The van der Waals surface area contributed by atoms with Gasteiger partial charge in [0, 0.05) is 31.3 Å². The molecule has 0 bridgehead atoms. The molecule has 6 nitrogen and oxygen atoms in total. The Morgan fingerprint density at radius 2 is 2.11 bits per heavy atom. The summed E-state index contributed by atoms with van der Waals surface area (Å²) in [6, 6.07) is 4.31. The van der Waals surface area contributed by atoms with Crippen LogP contribution in [0.5, 0.6) is 0 Å². The number of hydrogen-bond acceptors (Lipinski definition) is 4. The first-order chi connectivity index (χ1) is 8.81. The molecule has 0 aliphatic rings. The van der Waals surface area contributed by atoms with Crippen molar-refractivity contribution in [3.8, 4) is 0 Å². The molecule has 0 radical (unpaired) electrons. The predicted octanol–water partition coefficient (Wildman–Crippen LogP) is 1.75. The van der Waals surface area contributed by atoms with Crippen molar-refractivity contribution in [2.24, 2.45) is 0 Å². The van der Waals surface area contributed by atoms with Crippen LogP contribution in [-0.2, 0) is 0 Å². The Labute approximate surface area is 111 Å². The van der Waals surface area contributed by atoms with E-state index in [0.717, 1.165) is 0 Å². The summed E-state index contributed by atoms with van der Waals surface area (Å²) in [6.07, 6.45) is -0.0158. The van der Waals surface area contributed by atoms with Gasteiger partial charge in [-0.2, -0.15) is 0 Å². The van der Waals surface area contributed by atoms with Crippen LogP contribution in [0.4, 0.5) is 5.69 Å². The molecule has 0 aromatic heterocycles. The maximum absolute atomic E-state index is 12.1. The van der Waals surface area contributed by atoms with Gasteiger partial charge in [0.1, 0.15) is 0 Å². The number of nitro benzene ring substituents is 1. The van der Waals surface area contributed by atoms with E-state index in [-0.39, 0.29) is 11.6 Å². The van der Waals surface area contributed by atoms with Crippen LogP contribution in [0.3, 0.4) is 0 Å². The van der Waals surface area contributed by atoms with E-state index in [1.165, 1.54) is 17.0 Å². The van der Waals surface area contributed by atoms with E-state index in [9.17, 15) is 20.0 Å². The van der Waals surface area contributed by atoms with Crippen molar-refractivity contribution in [1.29, 1.82) is 0 Å². The summed E-state index contributed by atoms with van der Waals surface area (Å²) < 4.78 is 0. The van der Waals surface area contributed by atoms with E-state index in [2.05, 4.69) is 0 Å². The first kappa shape index (κ1) is 15.1. The average molecular weight is 266 g/mol. The van der Waals surface area contributed by atoms with Crippen molar-refractivity contribution in [1.82, 2.24) is 4.90 Å². The lowest BCUT2D eigenvalue weighted by molar-refractivity contribution is -0.384. The molecule has 0 heterocycles. The summed E-state index contributed by atoms with van der Waals surface area (Å²) in [7, 11) is 1.61. The fourth-order valence-corrected chi connectivity index (χ4v) is 1.69. The number of carbonyl (C=O) groups excluding carboxylic acids is 1. The summed E-state index contributed by atoms with van der Waals surface area (Å²) in [5.74, 6) is -0.285. The van der Waals surface area contributed by atoms with Gasteiger partial charge < -0.3 is 10.0 Å². The molecule has 1 unspecified atom stereocenters. The SMILES string of the molecule is Cc1cc(C(=O)N(C)CCC(C)O)cc([N+](=O)[O-])c1. The van der Waals surface area contributed by atoms with E-state index >= 15 is 0 Å². The highest BCUT2D eigenvalue weighted by Crippen LogP contribution is 2.18. The number of benzene rings is 1. The average Bonchev–Trinajstić information content (AvgIpc) is 2.34. The summed E-state index contributed by atoms with van der Waals surface area (Å²) in [4.78, 5) is 23.8. The minimum Gasteiger partial charge on any atom is -0.393 e. The van der Waals surface area contributed by atoms with Crippen LogP contribution in [0.25, 0.3) is 0 Å². The summed E-state index contributed by atoms with van der Waals surface area (Å²) >= 11 is 0. The largest absolute Gasteiger partial charge is 0.393 e. The fourth-order valence-electron chi connectivity index (χ4n) is 1.69. The predicted molar refractivity (Wildman–Crippen MR) is 71.1 cm³/mol. The number of amides is 1. The third-order valence-electron chi connectivity index (χ3n) is 2.75. The Morgan fingerprint density at radius 1 is 1.47 bits per heavy atom. The van der Waals surface area contributed by atoms with Gasteiger partial charge >= 0.3 is 0 Å². The Kier molecular flexibility index (Phi) is 5.00. The van der Waals surface area contributed by atoms with Crippen LogP contribution in [0.15, 0.2) is 18.2 Å². The van der Waals surface area contributed by atoms with Crippen LogP contribution in [0.1, 0.15) is 29.3 Å². The number of aryl methyl sites for hydroxylation is 1. The first-order valence-corrected chi connectivity index (χ1v) is 6.01. The molecule has 19 heavy (non-hydrogen) atoms. The number of aliphatic hydroxyl groups is 1. The molecular weight excluding hydrogens is 248 g/mol. The monoisotopic (exact) mass is 266 g/mol. The minimum absolute atomic E-state index is 0.0905. The molecule has 0 aliphatic heterocycles. The van der Waals surface area contributed by atoms with Gasteiger partial charge in [-0.3, -0.25) is 14.9 Å². The van der Waals surface area contributed by atoms with E-state index in [1.807, 2.05) is 0 Å². The lowest BCUT2D eigenvalue weighted by atomic mass is 10.1. The molecule has 1 aromatic carbocycles. The highest BCUT2D eigenvalue weighted by Gasteiger charge is 2.16. The van der Waals surface area contributed by atoms with Crippen molar-refractivity contribution < 1.29 is 14.8 Å². The van der Waals surface area contributed by atoms with Crippen LogP contribution >= 0.6 is 0 Å².